The van der Waals surface area contributed by atoms with Crippen LogP contribution in [0.25, 0.3) is 0 Å². The lowest BCUT2D eigenvalue weighted by Gasteiger charge is -2.40. The molecule has 0 amide bonds. The lowest BCUT2D eigenvalue weighted by atomic mass is 9.73. The monoisotopic (exact) mass is 364 g/mol. The first kappa shape index (κ1) is 16.9. The first-order chi connectivity index (χ1) is 10.2. The van der Waals surface area contributed by atoms with Crippen molar-refractivity contribution in [2.75, 3.05) is 6.61 Å². The van der Waals surface area contributed by atoms with Crippen molar-refractivity contribution in [2.45, 2.75) is 33.3 Å². The Hall–Kier alpha value is -1.46. The molecule has 1 aromatic carbocycles. The van der Waals surface area contributed by atoms with Crippen LogP contribution < -0.4 is 4.74 Å². The van der Waals surface area contributed by atoms with Gasteiger partial charge in [0.05, 0.1) is 0 Å². The predicted octanol–water partition coefficient (Wildman–Crippen LogP) is 3.86. The highest BCUT2D eigenvalue weighted by molar-refractivity contribution is 9.10. The van der Waals surface area contributed by atoms with Gasteiger partial charge in [-0.15, -0.1) is 0 Å². The first-order valence-electron chi connectivity index (χ1n) is 7.11. The van der Waals surface area contributed by atoms with Gasteiger partial charge in [0.25, 0.3) is 0 Å². The lowest BCUT2D eigenvalue weighted by Crippen LogP contribution is -2.45. The van der Waals surface area contributed by atoms with E-state index in [0.717, 1.165) is 15.8 Å². The van der Waals surface area contributed by atoms with Crippen molar-refractivity contribution in [3.63, 3.8) is 0 Å². The average Bonchev–Trinajstić information content (AvgIpc) is 2.45. The second kappa shape index (κ2) is 6.34. The van der Waals surface area contributed by atoms with Crippen molar-refractivity contribution >= 4 is 15.9 Å². The van der Waals surface area contributed by atoms with E-state index >= 15 is 0 Å². The predicted molar refractivity (Wildman–Crippen MR) is 89.8 cm³/mol. The summed E-state index contributed by atoms with van der Waals surface area (Å²) in [6.07, 6.45) is 4.72. The smallest absolute Gasteiger partial charge is 0.131 e. The Kier molecular flexibility index (Phi) is 4.87. The molecule has 1 N–H and O–H groups in total. The largest absolute Gasteiger partial charge is 0.490 e. The molecule has 4 nitrogen and oxygen atoms in total. The van der Waals surface area contributed by atoms with Gasteiger partial charge in [0, 0.05) is 22.4 Å². The van der Waals surface area contributed by atoms with E-state index in [0.29, 0.717) is 5.56 Å². The number of aromatic nitrogens is 2. The van der Waals surface area contributed by atoms with Crippen LogP contribution in [0, 0.1) is 12.3 Å². The molecular weight excluding hydrogens is 344 g/mol. The third kappa shape index (κ3) is 3.47. The van der Waals surface area contributed by atoms with Crippen LogP contribution in [0.3, 0.4) is 0 Å². The van der Waals surface area contributed by atoms with Gasteiger partial charge in [-0.1, -0.05) is 36.7 Å². The van der Waals surface area contributed by atoms with Crippen molar-refractivity contribution in [1.82, 2.24) is 9.97 Å². The molecule has 0 saturated heterocycles. The molecule has 0 aliphatic carbocycles. The number of rotatable bonds is 4. The third-order valence-corrected chi connectivity index (χ3v) is 4.35. The van der Waals surface area contributed by atoms with Crippen LogP contribution in [0.15, 0.2) is 41.4 Å². The van der Waals surface area contributed by atoms with Crippen molar-refractivity contribution in [1.29, 1.82) is 0 Å². The highest BCUT2D eigenvalue weighted by Gasteiger charge is 2.43. The number of halogens is 1. The summed E-state index contributed by atoms with van der Waals surface area (Å²) in [6.45, 7) is 8.02. The first-order valence-corrected chi connectivity index (χ1v) is 7.90. The fourth-order valence-corrected chi connectivity index (χ4v) is 2.68. The minimum atomic E-state index is -1.19. The number of aryl methyl sites for hydroxylation is 1. The molecule has 0 saturated carbocycles. The second-order valence-corrected chi connectivity index (χ2v) is 7.35. The van der Waals surface area contributed by atoms with E-state index in [2.05, 4.69) is 25.9 Å². The van der Waals surface area contributed by atoms with E-state index in [4.69, 9.17) is 4.74 Å². The maximum atomic E-state index is 11.2. The second-order valence-electron chi connectivity index (χ2n) is 6.44. The molecule has 0 bridgehead atoms. The molecule has 2 aromatic rings. The van der Waals surface area contributed by atoms with Gasteiger partial charge >= 0.3 is 0 Å². The fourth-order valence-electron chi connectivity index (χ4n) is 2.20. The molecule has 5 heteroatoms. The average molecular weight is 365 g/mol. The summed E-state index contributed by atoms with van der Waals surface area (Å²) in [5, 5.41) is 11.2. The SMILES string of the molecule is Cc1cc(Br)ccc1OCC(O)(c1cncnc1)C(C)(C)C. The van der Waals surface area contributed by atoms with Gasteiger partial charge in [0.15, 0.2) is 0 Å². The van der Waals surface area contributed by atoms with Crippen molar-refractivity contribution in [3.8, 4) is 5.75 Å². The molecule has 0 aliphatic rings. The standard InChI is InChI=1S/C17H21BrN2O2/c1-12-7-14(18)5-6-15(12)22-10-17(21,16(2,3)4)13-8-19-11-20-9-13/h5-9,11,21H,10H2,1-4H3. The Morgan fingerprint density at radius 2 is 1.82 bits per heavy atom. The quantitative estimate of drug-likeness (QED) is 0.894. The maximum Gasteiger partial charge on any atom is 0.131 e. The van der Waals surface area contributed by atoms with Crippen molar-refractivity contribution in [2.24, 2.45) is 5.41 Å². The van der Waals surface area contributed by atoms with Gasteiger partial charge in [-0.3, -0.25) is 0 Å². The maximum absolute atomic E-state index is 11.2. The summed E-state index contributed by atoms with van der Waals surface area (Å²) < 4.78 is 6.91. The zero-order chi connectivity index (χ0) is 16.4. The van der Waals surface area contributed by atoms with Gasteiger partial charge in [-0.25, -0.2) is 9.97 Å². The van der Waals surface area contributed by atoms with Gasteiger partial charge in [-0.05, 0) is 36.1 Å². The van der Waals surface area contributed by atoms with Crippen LogP contribution in [-0.4, -0.2) is 21.7 Å². The van der Waals surface area contributed by atoms with Crippen LogP contribution in [0.1, 0.15) is 31.9 Å². The molecule has 0 fully saturated rings. The summed E-state index contributed by atoms with van der Waals surface area (Å²) in [5.41, 5.74) is 0.0431. The molecule has 1 aromatic heterocycles. The number of hydrogen-bond donors (Lipinski definition) is 1. The number of aliphatic hydroxyl groups is 1. The van der Waals surface area contributed by atoms with Gasteiger partial charge in [-0.2, -0.15) is 0 Å². The molecule has 1 heterocycles. The van der Waals surface area contributed by atoms with E-state index in [1.807, 2.05) is 45.9 Å². The van der Waals surface area contributed by atoms with Gasteiger partial charge in [0.1, 0.15) is 24.3 Å². The van der Waals surface area contributed by atoms with E-state index in [-0.39, 0.29) is 6.61 Å². The molecule has 1 atom stereocenters. The van der Waals surface area contributed by atoms with E-state index in [9.17, 15) is 5.11 Å². The van der Waals surface area contributed by atoms with Gasteiger partial charge in [0.2, 0.25) is 0 Å². The van der Waals surface area contributed by atoms with E-state index in [1.165, 1.54) is 6.33 Å². The Morgan fingerprint density at radius 1 is 1.18 bits per heavy atom. The van der Waals surface area contributed by atoms with E-state index in [1.54, 1.807) is 12.4 Å². The molecule has 1 unspecified atom stereocenters. The summed E-state index contributed by atoms with van der Waals surface area (Å²) in [4.78, 5) is 8.03. The summed E-state index contributed by atoms with van der Waals surface area (Å²) in [5.74, 6) is 0.753. The molecule has 0 radical (unpaired) electrons. The Labute approximate surface area is 139 Å². The highest BCUT2D eigenvalue weighted by Crippen LogP contribution is 2.39. The molecule has 2 rings (SSSR count). The zero-order valence-electron chi connectivity index (χ0n) is 13.3. The van der Waals surface area contributed by atoms with Crippen molar-refractivity contribution < 1.29 is 9.84 Å². The Balaban J connectivity index is 2.29. The van der Waals surface area contributed by atoms with Crippen LogP contribution in [0.5, 0.6) is 5.75 Å². The topological polar surface area (TPSA) is 55.2 Å². The van der Waals surface area contributed by atoms with Crippen LogP contribution in [0.2, 0.25) is 0 Å². The normalized spacial score (nSPS) is 14.5. The highest BCUT2D eigenvalue weighted by atomic mass is 79.9. The zero-order valence-corrected chi connectivity index (χ0v) is 14.9. The lowest BCUT2D eigenvalue weighted by molar-refractivity contribution is -0.0950. The summed E-state index contributed by atoms with van der Waals surface area (Å²) >= 11 is 3.43. The molecule has 0 spiro atoms. The minimum Gasteiger partial charge on any atom is -0.490 e. The summed E-state index contributed by atoms with van der Waals surface area (Å²) in [7, 11) is 0. The fraction of sp³-hybridized carbons (Fsp3) is 0.412. The van der Waals surface area contributed by atoms with Crippen LogP contribution in [0.4, 0.5) is 0 Å². The third-order valence-electron chi connectivity index (χ3n) is 3.85. The number of ether oxygens (including phenoxy) is 1. The Morgan fingerprint density at radius 3 is 2.36 bits per heavy atom. The molecule has 0 aliphatic heterocycles. The van der Waals surface area contributed by atoms with Gasteiger partial charge < -0.3 is 9.84 Å². The van der Waals surface area contributed by atoms with Crippen molar-refractivity contribution in [3.05, 3.63) is 52.5 Å². The summed E-state index contributed by atoms with van der Waals surface area (Å²) in [6, 6.07) is 5.80. The Bertz CT molecular complexity index is 641. The minimum absolute atomic E-state index is 0.131. The molecular formula is C17H21BrN2O2. The molecule has 118 valence electrons. The van der Waals surface area contributed by atoms with E-state index < -0.39 is 11.0 Å². The van der Waals surface area contributed by atoms with Crippen LogP contribution in [-0.2, 0) is 5.60 Å². The molecule has 22 heavy (non-hydrogen) atoms. The van der Waals surface area contributed by atoms with Crippen LogP contribution >= 0.6 is 15.9 Å². The number of hydrogen-bond acceptors (Lipinski definition) is 4. The number of benzene rings is 1. The number of nitrogens with zero attached hydrogens (tertiary/aromatic N) is 2.